The number of carbonyl (C=O) groups excluding carboxylic acids is 2. The smallest absolute Gasteiger partial charge is 0.228 e. The van der Waals surface area contributed by atoms with Gasteiger partial charge in [-0.05, 0) is 18.2 Å². The van der Waals surface area contributed by atoms with Crippen LogP contribution >= 0.6 is 11.6 Å². The number of nitrogens with one attached hydrogen (secondary N) is 2. The molecular formula is C15H13ClFN3O2. The SMILES string of the molecule is CC(=O)Nc1cc(NC(=O)Cc2c(F)cccc2Cl)ccn1. The molecule has 1 aromatic heterocycles. The number of pyridine rings is 1. The van der Waals surface area contributed by atoms with Crippen molar-refractivity contribution < 1.29 is 14.0 Å². The van der Waals surface area contributed by atoms with E-state index in [4.69, 9.17) is 11.6 Å². The van der Waals surface area contributed by atoms with E-state index in [2.05, 4.69) is 15.6 Å². The number of aromatic nitrogens is 1. The van der Waals surface area contributed by atoms with E-state index >= 15 is 0 Å². The van der Waals surface area contributed by atoms with Gasteiger partial charge in [0.05, 0.1) is 6.42 Å². The predicted molar refractivity (Wildman–Crippen MR) is 82.3 cm³/mol. The molecule has 0 atom stereocenters. The van der Waals surface area contributed by atoms with Crippen molar-refractivity contribution in [3.8, 4) is 0 Å². The standard InChI is InChI=1S/C15H13ClFN3O2/c1-9(21)19-14-7-10(5-6-18-14)20-15(22)8-11-12(16)3-2-4-13(11)17/h2-7H,8H2,1H3,(H2,18,19,20,21,22). The maximum atomic E-state index is 13.6. The molecule has 0 spiro atoms. The van der Waals surface area contributed by atoms with Crippen molar-refractivity contribution in [3.05, 3.63) is 52.9 Å². The third-order valence-electron chi connectivity index (χ3n) is 2.75. The average Bonchev–Trinajstić information content (AvgIpc) is 2.42. The Morgan fingerprint density at radius 3 is 2.73 bits per heavy atom. The van der Waals surface area contributed by atoms with Gasteiger partial charge in [-0.25, -0.2) is 9.37 Å². The highest BCUT2D eigenvalue weighted by molar-refractivity contribution is 6.31. The first-order chi connectivity index (χ1) is 10.5. The van der Waals surface area contributed by atoms with E-state index in [1.54, 1.807) is 6.07 Å². The molecule has 0 aliphatic heterocycles. The van der Waals surface area contributed by atoms with E-state index in [-0.39, 0.29) is 22.9 Å². The van der Waals surface area contributed by atoms with E-state index < -0.39 is 11.7 Å². The molecule has 114 valence electrons. The van der Waals surface area contributed by atoms with Crippen molar-refractivity contribution in [2.24, 2.45) is 0 Å². The number of hydrogen-bond acceptors (Lipinski definition) is 3. The third-order valence-corrected chi connectivity index (χ3v) is 3.10. The van der Waals surface area contributed by atoms with Crippen LogP contribution in [0.25, 0.3) is 0 Å². The second kappa shape index (κ2) is 7.00. The zero-order valence-electron chi connectivity index (χ0n) is 11.7. The van der Waals surface area contributed by atoms with Crippen molar-refractivity contribution >= 4 is 34.9 Å². The van der Waals surface area contributed by atoms with Crippen molar-refractivity contribution in [2.45, 2.75) is 13.3 Å². The van der Waals surface area contributed by atoms with Gasteiger partial charge < -0.3 is 10.6 Å². The fraction of sp³-hybridized carbons (Fsp3) is 0.133. The summed E-state index contributed by atoms with van der Waals surface area (Å²) < 4.78 is 13.6. The third kappa shape index (κ3) is 4.26. The Morgan fingerprint density at radius 2 is 2.05 bits per heavy atom. The summed E-state index contributed by atoms with van der Waals surface area (Å²) in [7, 11) is 0. The number of nitrogens with zero attached hydrogens (tertiary/aromatic N) is 1. The summed E-state index contributed by atoms with van der Waals surface area (Å²) in [6.07, 6.45) is 1.25. The monoisotopic (exact) mass is 321 g/mol. The molecule has 2 rings (SSSR count). The van der Waals surface area contributed by atoms with Crippen molar-refractivity contribution in [1.29, 1.82) is 0 Å². The summed E-state index contributed by atoms with van der Waals surface area (Å²) in [5.41, 5.74) is 0.578. The van der Waals surface area contributed by atoms with Crippen LogP contribution in [0.3, 0.4) is 0 Å². The van der Waals surface area contributed by atoms with Crippen molar-refractivity contribution in [3.63, 3.8) is 0 Å². The molecule has 22 heavy (non-hydrogen) atoms. The summed E-state index contributed by atoms with van der Waals surface area (Å²) in [4.78, 5) is 26.9. The van der Waals surface area contributed by atoms with Gasteiger partial charge in [-0.1, -0.05) is 17.7 Å². The molecule has 1 aromatic carbocycles. The van der Waals surface area contributed by atoms with E-state index in [0.717, 1.165) is 0 Å². The highest BCUT2D eigenvalue weighted by Crippen LogP contribution is 2.20. The number of carbonyl (C=O) groups is 2. The van der Waals surface area contributed by atoms with Crippen LogP contribution in [0.5, 0.6) is 0 Å². The van der Waals surface area contributed by atoms with Crippen LogP contribution < -0.4 is 10.6 Å². The quantitative estimate of drug-likeness (QED) is 0.909. The molecule has 0 unspecified atom stereocenters. The number of amides is 2. The summed E-state index contributed by atoms with van der Waals surface area (Å²) >= 11 is 5.88. The molecule has 0 radical (unpaired) electrons. The summed E-state index contributed by atoms with van der Waals surface area (Å²) in [5, 5.41) is 5.30. The zero-order chi connectivity index (χ0) is 16.1. The van der Waals surface area contributed by atoms with Crippen LogP contribution in [-0.2, 0) is 16.0 Å². The first-order valence-corrected chi connectivity index (χ1v) is 6.80. The fourth-order valence-corrected chi connectivity index (χ4v) is 2.05. The molecule has 0 saturated heterocycles. The molecule has 7 heteroatoms. The van der Waals surface area contributed by atoms with Crippen LogP contribution in [0.1, 0.15) is 12.5 Å². The topological polar surface area (TPSA) is 71.1 Å². The molecule has 2 amide bonds. The molecule has 0 fully saturated rings. The fourth-order valence-electron chi connectivity index (χ4n) is 1.82. The normalized spacial score (nSPS) is 10.1. The minimum Gasteiger partial charge on any atom is -0.326 e. The molecule has 2 N–H and O–H groups in total. The van der Waals surface area contributed by atoms with Gasteiger partial charge in [-0.2, -0.15) is 0 Å². The number of benzene rings is 1. The van der Waals surface area contributed by atoms with Gasteiger partial charge in [-0.3, -0.25) is 9.59 Å². The second-order valence-corrected chi connectivity index (χ2v) is 4.94. The molecule has 1 heterocycles. The number of rotatable bonds is 4. The first kappa shape index (κ1) is 15.9. The Balaban J connectivity index is 2.08. The Hall–Kier alpha value is -2.47. The van der Waals surface area contributed by atoms with E-state index in [1.165, 1.54) is 37.4 Å². The predicted octanol–water partition coefficient (Wildman–Crippen LogP) is 3.01. The molecule has 0 bridgehead atoms. The Labute approximate surface area is 131 Å². The Bertz CT molecular complexity index is 701. The lowest BCUT2D eigenvalue weighted by atomic mass is 10.1. The summed E-state index contributed by atoms with van der Waals surface area (Å²) in [5.74, 6) is -0.911. The van der Waals surface area contributed by atoms with Crippen molar-refractivity contribution in [2.75, 3.05) is 10.6 Å². The molecule has 0 aliphatic carbocycles. The highest BCUT2D eigenvalue weighted by Gasteiger charge is 2.12. The highest BCUT2D eigenvalue weighted by atomic mass is 35.5. The van der Waals surface area contributed by atoms with Crippen LogP contribution in [0, 0.1) is 5.82 Å². The van der Waals surface area contributed by atoms with Gasteiger partial charge in [0, 0.05) is 35.5 Å². The first-order valence-electron chi connectivity index (χ1n) is 6.42. The number of halogens is 2. The lowest BCUT2D eigenvalue weighted by Crippen LogP contribution is -2.16. The minimum atomic E-state index is -0.531. The van der Waals surface area contributed by atoms with Gasteiger partial charge in [0.15, 0.2) is 0 Å². The molecule has 0 aliphatic rings. The van der Waals surface area contributed by atoms with Crippen LogP contribution in [0.2, 0.25) is 5.02 Å². The van der Waals surface area contributed by atoms with E-state index in [0.29, 0.717) is 11.5 Å². The maximum absolute atomic E-state index is 13.6. The Morgan fingerprint density at radius 1 is 1.27 bits per heavy atom. The Kier molecular flexibility index (Phi) is 5.06. The van der Waals surface area contributed by atoms with E-state index in [1.807, 2.05) is 0 Å². The summed E-state index contributed by atoms with van der Waals surface area (Å²) in [6.45, 7) is 1.35. The number of anilines is 2. The van der Waals surface area contributed by atoms with Crippen LogP contribution in [0.15, 0.2) is 36.5 Å². The molecule has 2 aromatic rings. The molecule has 0 saturated carbocycles. The second-order valence-electron chi connectivity index (χ2n) is 4.54. The minimum absolute atomic E-state index is 0.137. The van der Waals surface area contributed by atoms with Crippen molar-refractivity contribution in [1.82, 2.24) is 4.98 Å². The number of hydrogen-bond donors (Lipinski definition) is 2. The van der Waals surface area contributed by atoms with Gasteiger partial charge in [0.25, 0.3) is 0 Å². The summed E-state index contributed by atoms with van der Waals surface area (Å²) in [6, 6.07) is 7.31. The average molecular weight is 322 g/mol. The molecular weight excluding hydrogens is 309 g/mol. The lowest BCUT2D eigenvalue weighted by molar-refractivity contribution is -0.116. The van der Waals surface area contributed by atoms with E-state index in [9.17, 15) is 14.0 Å². The molecule has 5 nitrogen and oxygen atoms in total. The zero-order valence-corrected chi connectivity index (χ0v) is 12.4. The van der Waals surface area contributed by atoms with Gasteiger partial charge in [0.1, 0.15) is 11.6 Å². The van der Waals surface area contributed by atoms with Crippen LogP contribution in [0.4, 0.5) is 15.9 Å². The van der Waals surface area contributed by atoms with Crippen LogP contribution in [-0.4, -0.2) is 16.8 Å². The van der Waals surface area contributed by atoms with Gasteiger partial charge >= 0.3 is 0 Å². The lowest BCUT2D eigenvalue weighted by Gasteiger charge is -2.08. The van der Waals surface area contributed by atoms with Gasteiger partial charge in [0.2, 0.25) is 11.8 Å². The maximum Gasteiger partial charge on any atom is 0.228 e. The van der Waals surface area contributed by atoms with Gasteiger partial charge in [-0.15, -0.1) is 0 Å². The largest absolute Gasteiger partial charge is 0.326 e.